The lowest BCUT2D eigenvalue weighted by molar-refractivity contribution is 0.0697. The summed E-state index contributed by atoms with van der Waals surface area (Å²) in [5.74, 6) is -0.177. The van der Waals surface area contributed by atoms with Crippen LogP contribution in [0, 0.1) is 0 Å². The van der Waals surface area contributed by atoms with E-state index in [1.165, 1.54) is 19.3 Å². The van der Waals surface area contributed by atoms with E-state index >= 15 is 0 Å². The summed E-state index contributed by atoms with van der Waals surface area (Å²) in [5, 5.41) is 12.2. The number of carbonyl (C=O) groups is 1. The molecule has 1 unspecified atom stereocenters. The van der Waals surface area contributed by atoms with Gasteiger partial charge in [0.25, 0.3) is 0 Å². The van der Waals surface area contributed by atoms with Crippen LogP contribution >= 0.6 is 12.4 Å². The maximum atomic E-state index is 10.7. The largest absolute Gasteiger partial charge is 0.494 e. The van der Waals surface area contributed by atoms with Crippen LogP contribution in [0.5, 0.6) is 5.75 Å². The lowest BCUT2D eigenvalue weighted by Gasteiger charge is -2.23. The standard InChI is InChI=1S/C14H19NO3.ClH/c16-14(17)11-4-6-13(7-5-11)18-10-8-12-3-1-2-9-15-12;/h4-7,12,15H,1-3,8-10H2,(H,16,17);1H. The van der Waals surface area contributed by atoms with Gasteiger partial charge in [-0.15, -0.1) is 12.4 Å². The van der Waals surface area contributed by atoms with Crippen molar-refractivity contribution in [2.24, 2.45) is 0 Å². The van der Waals surface area contributed by atoms with Gasteiger partial charge in [-0.05, 0) is 50.1 Å². The van der Waals surface area contributed by atoms with Gasteiger partial charge in [-0.3, -0.25) is 0 Å². The number of hydrogen-bond donors (Lipinski definition) is 2. The maximum Gasteiger partial charge on any atom is 0.335 e. The van der Waals surface area contributed by atoms with Crippen LogP contribution < -0.4 is 10.1 Å². The Morgan fingerprint density at radius 3 is 2.63 bits per heavy atom. The fraction of sp³-hybridized carbons (Fsp3) is 0.500. The number of aromatic carboxylic acids is 1. The second-order valence-electron chi connectivity index (χ2n) is 4.61. The van der Waals surface area contributed by atoms with E-state index in [9.17, 15) is 4.79 Å². The summed E-state index contributed by atoms with van der Waals surface area (Å²) in [4.78, 5) is 10.7. The Kier molecular flexibility index (Phi) is 6.67. The lowest BCUT2D eigenvalue weighted by Crippen LogP contribution is -2.35. The SMILES string of the molecule is Cl.O=C(O)c1ccc(OCCC2CCCCN2)cc1. The van der Waals surface area contributed by atoms with E-state index in [1.807, 2.05) is 0 Å². The summed E-state index contributed by atoms with van der Waals surface area (Å²) in [6.07, 6.45) is 4.79. The van der Waals surface area contributed by atoms with Crippen molar-refractivity contribution in [3.8, 4) is 5.75 Å². The number of halogens is 1. The average molecular weight is 286 g/mol. The van der Waals surface area contributed by atoms with Gasteiger partial charge in [0, 0.05) is 6.04 Å². The Bertz CT molecular complexity index is 388. The van der Waals surface area contributed by atoms with E-state index in [1.54, 1.807) is 24.3 Å². The molecule has 1 saturated heterocycles. The van der Waals surface area contributed by atoms with E-state index in [-0.39, 0.29) is 18.0 Å². The third-order valence-electron chi connectivity index (χ3n) is 3.25. The number of carboxylic acid groups (broad SMARTS) is 1. The van der Waals surface area contributed by atoms with Crippen LogP contribution in [0.2, 0.25) is 0 Å². The first-order chi connectivity index (χ1) is 8.75. The second-order valence-corrected chi connectivity index (χ2v) is 4.61. The quantitative estimate of drug-likeness (QED) is 0.873. The molecule has 5 heteroatoms. The van der Waals surface area contributed by atoms with Crippen molar-refractivity contribution in [1.29, 1.82) is 0 Å². The van der Waals surface area contributed by atoms with Crippen molar-refractivity contribution in [1.82, 2.24) is 5.32 Å². The third-order valence-corrected chi connectivity index (χ3v) is 3.25. The molecular formula is C14H20ClNO3. The Hall–Kier alpha value is -1.26. The molecule has 2 N–H and O–H groups in total. The molecule has 0 spiro atoms. The molecule has 19 heavy (non-hydrogen) atoms. The number of rotatable bonds is 5. The highest BCUT2D eigenvalue weighted by Gasteiger charge is 2.12. The van der Waals surface area contributed by atoms with E-state index in [4.69, 9.17) is 9.84 Å². The average Bonchev–Trinajstić information content (AvgIpc) is 2.40. The fourth-order valence-electron chi connectivity index (χ4n) is 2.18. The van der Waals surface area contributed by atoms with Crippen molar-refractivity contribution in [2.45, 2.75) is 31.7 Å². The molecular weight excluding hydrogens is 266 g/mol. The minimum Gasteiger partial charge on any atom is -0.494 e. The second kappa shape index (κ2) is 8.02. The van der Waals surface area contributed by atoms with Crippen LogP contribution in [-0.4, -0.2) is 30.3 Å². The normalized spacial score (nSPS) is 18.4. The number of benzene rings is 1. The molecule has 1 aliphatic heterocycles. The first kappa shape index (κ1) is 15.8. The zero-order valence-electron chi connectivity index (χ0n) is 10.8. The maximum absolute atomic E-state index is 10.7. The van der Waals surface area contributed by atoms with Crippen LogP contribution in [0.4, 0.5) is 0 Å². The van der Waals surface area contributed by atoms with Gasteiger partial charge < -0.3 is 15.2 Å². The van der Waals surface area contributed by atoms with Crippen LogP contribution in [-0.2, 0) is 0 Å². The van der Waals surface area contributed by atoms with Gasteiger partial charge in [0.1, 0.15) is 5.75 Å². The van der Waals surface area contributed by atoms with Crippen molar-refractivity contribution < 1.29 is 14.6 Å². The van der Waals surface area contributed by atoms with Gasteiger partial charge in [0.2, 0.25) is 0 Å². The van der Waals surface area contributed by atoms with Crippen LogP contribution in [0.25, 0.3) is 0 Å². The lowest BCUT2D eigenvalue weighted by atomic mass is 10.0. The van der Waals surface area contributed by atoms with Gasteiger partial charge in [-0.1, -0.05) is 6.42 Å². The first-order valence-corrected chi connectivity index (χ1v) is 6.45. The van der Waals surface area contributed by atoms with Gasteiger partial charge in [-0.25, -0.2) is 4.79 Å². The Balaban J connectivity index is 0.00000180. The van der Waals surface area contributed by atoms with Gasteiger partial charge >= 0.3 is 5.97 Å². The van der Waals surface area contributed by atoms with Gasteiger partial charge in [0.15, 0.2) is 0 Å². The summed E-state index contributed by atoms with van der Waals surface area (Å²) >= 11 is 0. The molecule has 1 aromatic carbocycles. The van der Waals surface area contributed by atoms with Crippen molar-refractivity contribution in [3.05, 3.63) is 29.8 Å². The van der Waals surface area contributed by atoms with Crippen molar-refractivity contribution in [3.63, 3.8) is 0 Å². The topological polar surface area (TPSA) is 58.6 Å². The molecule has 1 atom stereocenters. The van der Waals surface area contributed by atoms with E-state index in [0.717, 1.165) is 18.7 Å². The molecule has 1 aromatic rings. The Morgan fingerprint density at radius 2 is 2.05 bits per heavy atom. The van der Waals surface area contributed by atoms with Crippen LogP contribution in [0.3, 0.4) is 0 Å². The number of hydrogen-bond acceptors (Lipinski definition) is 3. The first-order valence-electron chi connectivity index (χ1n) is 6.45. The molecule has 0 amide bonds. The summed E-state index contributed by atoms with van der Waals surface area (Å²) in [7, 11) is 0. The molecule has 4 nitrogen and oxygen atoms in total. The molecule has 1 heterocycles. The highest BCUT2D eigenvalue weighted by molar-refractivity contribution is 5.87. The zero-order valence-corrected chi connectivity index (χ0v) is 11.6. The van der Waals surface area contributed by atoms with Crippen molar-refractivity contribution in [2.75, 3.05) is 13.2 Å². The van der Waals surface area contributed by atoms with E-state index in [2.05, 4.69) is 5.32 Å². The summed E-state index contributed by atoms with van der Waals surface area (Å²) in [5.41, 5.74) is 0.288. The van der Waals surface area contributed by atoms with Gasteiger partial charge in [0.05, 0.1) is 12.2 Å². The number of ether oxygens (including phenoxy) is 1. The highest BCUT2D eigenvalue weighted by atomic mass is 35.5. The molecule has 2 rings (SSSR count). The molecule has 0 aliphatic carbocycles. The molecule has 0 aromatic heterocycles. The minimum absolute atomic E-state index is 0. The predicted molar refractivity (Wildman–Crippen MR) is 76.4 cm³/mol. The molecule has 0 radical (unpaired) electrons. The van der Waals surface area contributed by atoms with Crippen LogP contribution in [0.15, 0.2) is 24.3 Å². The van der Waals surface area contributed by atoms with Crippen molar-refractivity contribution >= 4 is 18.4 Å². The summed E-state index contributed by atoms with van der Waals surface area (Å²) in [6.45, 7) is 1.78. The molecule has 0 saturated carbocycles. The van der Waals surface area contributed by atoms with Gasteiger partial charge in [-0.2, -0.15) is 0 Å². The third kappa shape index (κ3) is 5.09. The fourth-order valence-corrected chi connectivity index (χ4v) is 2.18. The monoisotopic (exact) mass is 285 g/mol. The molecule has 0 bridgehead atoms. The predicted octanol–water partition coefficient (Wildman–Crippen LogP) is 2.72. The zero-order chi connectivity index (χ0) is 12.8. The number of piperidine rings is 1. The molecule has 1 fully saturated rings. The number of carboxylic acids is 1. The molecule has 106 valence electrons. The summed E-state index contributed by atoms with van der Waals surface area (Å²) in [6, 6.07) is 7.11. The number of nitrogens with one attached hydrogen (secondary N) is 1. The summed E-state index contributed by atoms with van der Waals surface area (Å²) < 4.78 is 5.61. The van der Waals surface area contributed by atoms with E-state index in [0.29, 0.717) is 12.6 Å². The van der Waals surface area contributed by atoms with E-state index < -0.39 is 5.97 Å². The Labute approximate surface area is 119 Å². The molecule has 1 aliphatic rings. The Morgan fingerprint density at radius 1 is 1.32 bits per heavy atom. The highest BCUT2D eigenvalue weighted by Crippen LogP contribution is 2.14. The minimum atomic E-state index is -0.909. The van der Waals surface area contributed by atoms with Crippen LogP contribution in [0.1, 0.15) is 36.0 Å². The smallest absolute Gasteiger partial charge is 0.335 e.